The molecule has 3 nitrogen and oxygen atoms in total. The molecule has 0 bridgehead atoms. The predicted molar refractivity (Wildman–Crippen MR) is 52.3 cm³/mol. The highest BCUT2D eigenvalue weighted by molar-refractivity contribution is 5.75. The molecule has 1 heterocycles. The van der Waals surface area contributed by atoms with Crippen molar-refractivity contribution in [2.45, 2.75) is 37.4 Å². The zero-order valence-corrected chi connectivity index (χ0v) is 8.25. The average Bonchev–Trinajstić information content (AvgIpc) is 2.32. The summed E-state index contributed by atoms with van der Waals surface area (Å²) in [5, 5.41) is 10.0. The molecule has 1 aliphatic heterocycles. The molecule has 1 N–H and O–H groups in total. The van der Waals surface area contributed by atoms with Gasteiger partial charge < -0.3 is 9.84 Å². The van der Waals surface area contributed by atoms with Crippen LogP contribution in [0.2, 0.25) is 0 Å². The lowest BCUT2D eigenvalue weighted by Gasteiger charge is -2.34. The van der Waals surface area contributed by atoms with E-state index in [4.69, 9.17) is 11.2 Å². The molecule has 1 saturated heterocycles. The fourth-order valence-electron chi connectivity index (χ4n) is 1.72. The van der Waals surface area contributed by atoms with Gasteiger partial charge in [0.2, 0.25) is 0 Å². The maximum absolute atomic E-state index is 11.1. The van der Waals surface area contributed by atoms with Crippen LogP contribution in [0.25, 0.3) is 0 Å². The first-order valence-electron chi connectivity index (χ1n) is 4.49. The number of hydrogen-bond acceptors (Lipinski definition) is 3. The first-order valence-corrected chi connectivity index (χ1v) is 4.49. The molecule has 14 heavy (non-hydrogen) atoms. The molecule has 0 unspecified atom stereocenters. The van der Waals surface area contributed by atoms with Crippen molar-refractivity contribution in [3.63, 3.8) is 0 Å². The molecule has 0 amide bonds. The monoisotopic (exact) mass is 194 g/mol. The number of terminal acetylenes is 1. The molecular weight excluding hydrogens is 180 g/mol. The van der Waals surface area contributed by atoms with Gasteiger partial charge in [-0.05, 0) is 13.0 Å². The molecule has 0 spiro atoms. The van der Waals surface area contributed by atoms with E-state index in [1.807, 2.05) is 0 Å². The average molecular weight is 194 g/mol. The summed E-state index contributed by atoms with van der Waals surface area (Å²) in [6.07, 6.45) is 7.44. The van der Waals surface area contributed by atoms with Crippen molar-refractivity contribution in [2.24, 2.45) is 0 Å². The highest BCUT2D eigenvalue weighted by Gasteiger charge is 2.54. The Morgan fingerprint density at radius 2 is 2.50 bits per heavy atom. The van der Waals surface area contributed by atoms with Crippen LogP contribution in [0.4, 0.5) is 0 Å². The Bertz CT molecular complexity index is 298. The highest BCUT2D eigenvalue weighted by Crippen LogP contribution is 2.40. The zero-order valence-electron chi connectivity index (χ0n) is 8.25. The standard InChI is InChI=1S/C11H14O3/c1-4-6-7-11(5-2)10(3,13)8-9(12)14-11/h1,5,13H,2,6-8H2,3H3/t10-,11+/m1/s1. The van der Waals surface area contributed by atoms with E-state index in [1.165, 1.54) is 6.08 Å². The lowest BCUT2D eigenvalue weighted by atomic mass is 9.81. The van der Waals surface area contributed by atoms with E-state index < -0.39 is 17.2 Å². The van der Waals surface area contributed by atoms with Gasteiger partial charge in [0, 0.05) is 12.8 Å². The minimum absolute atomic E-state index is 0.0103. The lowest BCUT2D eigenvalue weighted by molar-refractivity contribution is -0.149. The van der Waals surface area contributed by atoms with Crippen molar-refractivity contribution in [2.75, 3.05) is 0 Å². The van der Waals surface area contributed by atoms with Gasteiger partial charge in [-0.2, -0.15) is 0 Å². The first-order chi connectivity index (χ1) is 6.47. The number of ether oxygens (including phenoxy) is 1. The summed E-state index contributed by atoms with van der Waals surface area (Å²) in [7, 11) is 0. The Morgan fingerprint density at radius 3 is 2.86 bits per heavy atom. The number of aliphatic hydroxyl groups is 1. The van der Waals surface area contributed by atoms with E-state index in [0.29, 0.717) is 12.8 Å². The second kappa shape index (κ2) is 3.47. The van der Waals surface area contributed by atoms with E-state index >= 15 is 0 Å². The molecule has 3 heteroatoms. The summed E-state index contributed by atoms with van der Waals surface area (Å²) in [4.78, 5) is 11.1. The number of hydrogen-bond donors (Lipinski definition) is 1. The molecule has 0 aliphatic carbocycles. The van der Waals surface area contributed by atoms with Crippen LogP contribution in [-0.4, -0.2) is 22.3 Å². The quantitative estimate of drug-likeness (QED) is 0.414. The first kappa shape index (κ1) is 10.8. The minimum Gasteiger partial charge on any atom is -0.452 e. The maximum Gasteiger partial charge on any atom is 0.309 e. The summed E-state index contributed by atoms with van der Waals surface area (Å²) in [6.45, 7) is 5.16. The third kappa shape index (κ3) is 1.53. The summed E-state index contributed by atoms with van der Waals surface area (Å²) < 4.78 is 5.11. The van der Waals surface area contributed by atoms with Gasteiger partial charge in [-0.15, -0.1) is 12.3 Å². The van der Waals surface area contributed by atoms with Crippen LogP contribution in [-0.2, 0) is 9.53 Å². The summed E-state index contributed by atoms with van der Waals surface area (Å²) in [5.41, 5.74) is -2.22. The number of carbonyl (C=O) groups is 1. The number of carbonyl (C=O) groups excluding carboxylic acids is 1. The smallest absolute Gasteiger partial charge is 0.309 e. The van der Waals surface area contributed by atoms with Crippen LogP contribution < -0.4 is 0 Å². The van der Waals surface area contributed by atoms with Gasteiger partial charge in [0.15, 0.2) is 5.60 Å². The van der Waals surface area contributed by atoms with Crippen molar-refractivity contribution < 1.29 is 14.6 Å². The largest absolute Gasteiger partial charge is 0.452 e. The van der Waals surface area contributed by atoms with Crippen molar-refractivity contribution >= 4 is 5.97 Å². The summed E-state index contributed by atoms with van der Waals surface area (Å²) >= 11 is 0. The lowest BCUT2D eigenvalue weighted by Crippen LogP contribution is -2.46. The van der Waals surface area contributed by atoms with E-state index in [0.717, 1.165) is 0 Å². The zero-order chi connectivity index (χ0) is 10.8. The summed E-state index contributed by atoms with van der Waals surface area (Å²) in [5.74, 6) is 2.05. The molecule has 0 radical (unpaired) electrons. The van der Waals surface area contributed by atoms with E-state index in [2.05, 4.69) is 12.5 Å². The van der Waals surface area contributed by atoms with E-state index in [9.17, 15) is 9.90 Å². The van der Waals surface area contributed by atoms with Gasteiger partial charge >= 0.3 is 5.97 Å². The van der Waals surface area contributed by atoms with Crippen LogP contribution in [0.1, 0.15) is 26.2 Å². The molecule has 0 aromatic rings. The Hall–Kier alpha value is -1.27. The Labute approximate surface area is 83.8 Å². The van der Waals surface area contributed by atoms with Gasteiger partial charge in [0.1, 0.15) is 5.60 Å². The second-order valence-corrected chi connectivity index (χ2v) is 3.72. The second-order valence-electron chi connectivity index (χ2n) is 3.72. The molecule has 0 aromatic carbocycles. The van der Waals surface area contributed by atoms with Gasteiger partial charge in [0.25, 0.3) is 0 Å². The van der Waals surface area contributed by atoms with Gasteiger partial charge in [-0.25, -0.2) is 0 Å². The molecular formula is C11H14O3. The Kier molecular flexibility index (Phi) is 2.68. The molecule has 0 aromatic heterocycles. The van der Waals surface area contributed by atoms with Crippen LogP contribution in [0.5, 0.6) is 0 Å². The minimum atomic E-state index is -1.21. The molecule has 0 saturated carbocycles. The van der Waals surface area contributed by atoms with Crippen LogP contribution in [0.3, 0.4) is 0 Å². The van der Waals surface area contributed by atoms with E-state index in [1.54, 1.807) is 6.92 Å². The van der Waals surface area contributed by atoms with Gasteiger partial charge in [-0.1, -0.05) is 6.58 Å². The highest BCUT2D eigenvalue weighted by atomic mass is 16.6. The molecule has 1 rings (SSSR count). The van der Waals surface area contributed by atoms with Crippen molar-refractivity contribution in [3.05, 3.63) is 12.7 Å². The molecule has 76 valence electrons. The van der Waals surface area contributed by atoms with Crippen LogP contribution in [0, 0.1) is 12.3 Å². The molecule has 2 atom stereocenters. The van der Waals surface area contributed by atoms with Gasteiger partial charge in [0.05, 0.1) is 6.42 Å². The fourth-order valence-corrected chi connectivity index (χ4v) is 1.72. The van der Waals surface area contributed by atoms with Crippen molar-refractivity contribution in [1.29, 1.82) is 0 Å². The van der Waals surface area contributed by atoms with E-state index in [-0.39, 0.29) is 6.42 Å². The Balaban J connectivity index is 2.93. The Morgan fingerprint density at radius 1 is 1.86 bits per heavy atom. The molecule has 1 aliphatic rings. The summed E-state index contributed by atoms with van der Waals surface area (Å²) in [6, 6.07) is 0. The third-order valence-corrected chi connectivity index (χ3v) is 2.67. The number of cyclic esters (lactones) is 1. The third-order valence-electron chi connectivity index (χ3n) is 2.67. The number of rotatable bonds is 3. The van der Waals surface area contributed by atoms with Crippen LogP contribution >= 0.6 is 0 Å². The fraction of sp³-hybridized carbons (Fsp3) is 0.545. The topological polar surface area (TPSA) is 46.5 Å². The van der Waals surface area contributed by atoms with Crippen molar-refractivity contribution in [1.82, 2.24) is 0 Å². The predicted octanol–water partition coefficient (Wildman–Crippen LogP) is 1.02. The molecule has 1 fully saturated rings. The number of esters is 1. The van der Waals surface area contributed by atoms with Crippen LogP contribution in [0.15, 0.2) is 12.7 Å². The van der Waals surface area contributed by atoms with Crippen molar-refractivity contribution in [3.8, 4) is 12.3 Å². The normalized spacial score (nSPS) is 36.2. The van der Waals surface area contributed by atoms with Gasteiger partial charge in [-0.3, -0.25) is 4.79 Å². The maximum atomic E-state index is 11.1. The SMILES string of the molecule is C#CCC[C@]1(C=C)OC(=O)C[C@@]1(C)O.